The lowest BCUT2D eigenvalue weighted by Crippen LogP contribution is -2.43. The number of nitrogens with one attached hydrogen (secondary N) is 2. The second kappa shape index (κ2) is 10.0. The third-order valence-corrected chi connectivity index (χ3v) is 4.60. The van der Waals surface area contributed by atoms with Crippen LogP contribution in [0.1, 0.15) is 39.0 Å². The van der Waals surface area contributed by atoms with Crippen LogP contribution < -0.4 is 15.6 Å². The molecule has 0 aliphatic carbocycles. The van der Waals surface area contributed by atoms with Crippen molar-refractivity contribution in [2.45, 2.75) is 39.0 Å². The molecule has 5 nitrogen and oxygen atoms in total. The number of hydrazine groups is 1. The molecule has 6 heteroatoms. The second-order valence-corrected chi connectivity index (χ2v) is 6.59. The van der Waals surface area contributed by atoms with Crippen molar-refractivity contribution in [3.8, 4) is 5.75 Å². The van der Waals surface area contributed by atoms with Crippen LogP contribution in [0.25, 0.3) is 10.8 Å². The fourth-order valence-electron chi connectivity index (χ4n) is 2.42. The Hall–Kier alpha value is -2.08. The Bertz CT molecular complexity index is 734. The van der Waals surface area contributed by atoms with Crippen molar-refractivity contribution < 1.29 is 14.3 Å². The number of rotatable bonds is 8. The summed E-state index contributed by atoms with van der Waals surface area (Å²) in [5.74, 6) is -0.00181. The van der Waals surface area contributed by atoms with Crippen molar-refractivity contribution >= 4 is 38.5 Å². The molecule has 0 bridgehead atoms. The molecule has 2 aromatic carbocycles. The number of unbranched alkanes of at least 4 members (excludes halogenated alkanes) is 3. The molecule has 25 heavy (non-hydrogen) atoms. The monoisotopic (exact) mass is 406 g/mol. The molecular formula is C19H23BrN2O3. The summed E-state index contributed by atoms with van der Waals surface area (Å²) in [6.07, 6.45) is 4.51. The average molecular weight is 407 g/mol. The molecule has 0 aliphatic rings. The van der Waals surface area contributed by atoms with Gasteiger partial charge in [0.1, 0.15) is 5.75 Å². The summed E-state index contributed by atoms with van der Waals surface area (Å²) in [6.45, 7) is 1.95. The lowest BCUT2D eigenvalue weighted by molar-refractivity contribution is -0.130. The third-order valence-electron chi connectivity index (χ3n) is 3.79. The Balaban J connectivity index is 1.76. The molecule has 2 rings (SSSR count). The summed E-state index contributed by atoms with van der Waals surface area (Å²) < 4.78 is 6.35. The molecule has 0 atom stereocenters. The minimum absolute atomic E-state index is 0.174. The van der Waals surface area contributed by atoms with Crippen LogP contribution in [-0.2, 0) is 9.59 Å². The first-order valence-corrected chi connectivity index (χ1v) is 9.29. The molecule has 0 radical (unpaired) electrons. The zero-order valence-corrected chi connectivity index (χ0v) is 15.9. The van der Waals surface area contributed by atoms with Gasteiger partial charge in [-0.2, -0.15) is 0 Å². The van der Waals surface area contributed by atoms with E-state index in [1.165, 1.54) is 0 Å². The van der Waals surface area contributed by atoms with Gasteiger partial charge in [-0.1, -0.05) is 56.5 Å². The van der Waals surface area contributed by atoms with E-state index < -0.39 is 5.91 Å². The first-order chi connectivity index (χ1) is 12.1. The van der Waals surface area contributed by atoms with Crippen LogP contribution in [0.5, 0.6) is 5.75 Å². The maximum Gasteiger partial charge on any atom is 0.276 e. The highest BCUT2D eigenvalue weighted by Gasteiger charge is 2.09. The number of carbonyl (C=O) groups excluding carboxylic acids is 2. The Morgan fingerprint density at radius 1 is 1.00 bits per heavy atom. The van der Waals surface area contributed by atoms with E-state index in [0.29, 0.717) is 12.2 Å². The van der Waals surface area contributed by atoms with Crippen molar-refractivity contribution in [1.82, 2.24) is 10.9 Å². The Morgan fingerprint density at radius 2 is 1.76 bits per heavy atom. The molecule has 134 valence electrons. The SMILES string of the molecule is CCCCCCC(=O)NNC(=O)COc1ccc2ccccc2c1Br. The molecular weight excluding hydrogens is 384 g/mol. The molecule has 0 aromatic heterocycles. The van der Waals surface area contributed by atoms with E-state index in [9.17, 15) is 9.59 Å². The molecule has 0 unspecified atom stereocenters. The Morgan fingerprint density at radius 3 is 2.56 bits per heavy atom. The number of ether oxygens (including phenoxy) is 1. The summed E-state index contributed by atoms with van der Waals surface area (Å²) in [4.78, 5) is 23.4. The zero-order valence-electron chi connectivity index (χ0n) is 14.3. The molecule has 0 fully saturated rings. The van der Waals surface area contributed by atoms with Crippen LogP contribution in [0.2, 0.25) is 0 Å². The first-order valence-electron chi connectivity index (χ1n) is 8.49. The van der Waals surface area contributed by atoms with Crippen LogP contribution in [0, 0.1) is 0 Å². The first kappa shape index (κ1) is 19.2. The number of amides is 2. The van der Waals surface area contributed by atoms with Crippen LogP contribution >= 0.6 is 15.9 Å². The van der Waals surface area contributed by atoms with Gasteiger partial charge in [0.15, 0.2) is 6.61 Å². The van der Waals surface area contributed by atoms with Gasteiger partial charge >= 0.3 is 0 Å². The number of hydrogen-bond acceptors (Lipinski definition) is 3. The summed E-state index contributed by atoms with van der Waals surface area (Å²) >= 11 is 3.51. The van der Waals surface area contributed by atoms with Gasteiger partial charge < -0.3 is 4.74 Å². The van der Waals surface area contributed by atoms with E-state index >= 15 is 0 Å². The molecule has 2 amide bonds. The van der Waals surface area contributed by atoms with Gasteiger partial charge in [0, 0.05) is 6.42 Å². The standard InChI is InChI=1S/C19H23BrN2O3/c1-2-3-4-5-10-17(23)21-22-18(24)13-25-16-12-11-14-8-6-7-9-15(14)19(16)20/h6-9,11-12H,2-5,10,13H2,1H3,(H,21,23)(H,22,24). The van der Waals surface area contributed by atoms with Gasteiger partial charge in [-0.25, -0.2) is 0 Å². The second-order valence-electron chi connectivity index (χ2n) is 5.79. The number of halogens is 1. The number of carbonyl (C=O) groups is 2. The summed E-state index contributed by atoms with van der Waals surface area (Å²) in [7, 11) is 0. The topological polar surface area (TPSA) is 67.4 Å². The molecule has 0 aliphatic heterocycles. The fraction of sp³-hybridized carbons (Fsp3) is 0.368. The average Bonchev–Trinajstić information content (AvgIpc) is 2.63. The highest BCUT2D eigenvalue weighted by Crippen LogP contribution is 2.32. The summed E-state index contributed by atoms with van der Waals surface area (Å²) in [5.41, 5.74) is 4.78. The Kier molecular flexibility index (Phi) is 7.73. The number of hydrogen-bond donors (Lipinski definition) is 2. The van der Waals surface area contributed by atoms with E-state index in [0.717, 1.165) is 40.9 Å². The Labute approximate surface area is 156 Å². The largest absolute Gasteiger partial charge is 0.483 e. The molecule has 2 N–H and O–H groups in total. The van der Waals surface area contributed by atoms with E-state index in [2.05, 4.69) is 33.7 Å². The van der Waals surface area contributed by atoms with Gasteiger partial charge in [-0.3, -0.25) is 20.4 Å². The molecule has 0 heterocycles. The van der Waals surface area contributed by atoms with Gasteiger partial charge in [0.05, 0.1) is 4.47 Å². The van der Waals surface area contributed by atoms with Crippen molar-refractivity contribution in [2.75, 3.05) is 6.61 Å². The summed E-state index contributed by atoms with van der Waals surface area (Å²) in [5, 5.41) is 2.10. The third kappa shape index (κ3) is 6.05. The fourth-order valence-corrected chi connectivity index (χ4v) is 3.03. The van der Waals surface area contributed by atoms with Crippen LogP contribution in [-0.4, -0.2) is 18.4 Å². The summed E-state index contributed by atoms with van der Waals surface area (Å²) in [6, 6.07) is 11.6. The molecule has 0 spiro atoms. The van der Waals surface area contributed by atoms with E-state index in [4.69, 9.17) is 4.74 Å². The van der Waals surface area contributed by atoms with Gasteiger partial charge in [-0.15, -0.1) is 0 Å². The zero-order chi connectivity index (χ0) is 18.1. The lowest BCUT2D eigenvalue weighted by atomic mass is 10.1. The van der Waals surface area contributed by atoms with E-state index in [1.807, 2.05) is 36.4 Å². The molecule has 0 saturated heterocycles. The number of benzene rings is 2. The maximum absolute atomic E-state index is 11.8. The highest BCUT2D eigenvalue weighted by molar-refractivity contribution is 9.10. The van der Waals surface area contributed by atoms with Crippen LogP contribution in [0.15, 0.2) is 40.9 Å². The smallest absolute Gasteiger partial charge is 0.276 e. The van der Waals surface area contributed by atoms with Gasteiger partial charge in [0.25, 0.3) is 5.91 Å². The predicted molar refractivity (Wildman–Crippen MR) is 102 cm³/mol. The van der Waals surface area contributed by atoms with Gasteiger partial charge in [0.2, 0.25) is 5.91 Å². The van der Waals surface area contributed by atoms with Crippen molar-refractivity contribution in [3.05, 3.63) is 40.9 Å². The maximum atomic E-state index is 11.8. The number of fused-ring (bicyclic) bond motifs is 1. The minimum atomic E-state index is -0.401. The van der Waals surface area contributed by atoms with Gasteiger partial charge in [-0.05, 0) is 39.2 Å². The lowest BCUT2D eigenvalue weighted by Gasteiger charge is -2.11. The quantitative estimate of drug-likeness (QED) is 0.512. The predicted octanol–water partition coefficient (Wildman–Crippen LogP) is 4.10. The molecule has 2 aromatic rings. The minimum Gasteiger partial charge on any atom is -0.483 e. The normalized spacial score (nSPS) is 10.5. The van der Waals surface area contributed by atoms with Crippen LogP contribution in [0.3, 0.4) is 0 Å². The van der Waals surface area contributed by atoms with Crippen LogP contribution in [0.4, 0.5) is 0 Å². The molecule has 0 saturated carbocycles. The van der Waals surface area contributed by atoms with Crippen molar-refractivity contribution in [2.24, 2.45) is 0 Å². The van der Waals surface area contributed by atoms with Crippen molar-refractivity contribution in [3.63, 3.8) is 0 Å². The highest BCUT2D eigenvalue weighted by atomic mass is 79.9. The van der Waals surface area contributed by atoms with E-state index in [1.54, 1.807) is 0 Å². The van der Waals surface area contributed by atoms with E-state index in [-0.39, 0.29) is 12.5 Å². The van der Waals surface area contributed by atoms with Crippen molar-refractivity contribution in [1.29, 1.82) is 0 Å².